The van der Waals surface area contributed by atoms with Crippen molar-refractivity contribution in [1.82, 2.24) is 5.32 Å². The molecule has 0 saturated carbocycles. The molecule has 126 valence electrons. The smallest absolute Gasteiger partial charge is 0.328 e. The second kappa shape index (κ2) is 8.57. The number of anilines is 1. The Hall–Kier alpha value is -2.02. The molecule has 0 bridgehead atoms. The standard InChI is InChI=1S/C16H22N2O4S/c1-11-5-4-6-12(9-11)17-14(20)10-23-8-7-13(19)18-16(2,3)15(21)22/h4-6,9H,7-8,10H2,1-3H3,(H,17,20)(H,18,19)(H,21,22). The van der Waals surface area contributed by atoms with Crippen molar-refractivity contribution in [1.29, 1.82) is 0 Å². The van der Waals surface area contributed by atoms with Crippen LogP contribution in [0.4, 0.5) is 5.69 Å². The van der Waals surface area contributed by atoms with E-state index in [0.29, 0.717) is 5.75 Å². The van der Waals surface area contributed by atoms with Crippen LogP contribution < -0.4 is 10.6 Å². The molecule has 0 aliphatic rings. The second-order valence-electron chi connectivity index (χ2n) is 5.70. The van der Waals surface area contributed by atoms with Crippen LogP contribution in [0.2, 0.25) is 0 Å². The summed E-state index contributed by atoms with van der Waals surface area (Å²) < 4.78 is 0. The zero-order valence-electron chi connectivity index (χ0n) is 13.5. The summed E-state index contributed by atoms with van der Waals surface area (Å²) in [7, 11) is 0. The van der Waals surface area contributed by atoms with Crippen molar-refractivity contribution in [3.05, 3.63) is 29.8 Å². The highest BCUT2D eigenvalue weighted by atomic mass is 32.2. The highest BCUT2D eigenvalue weighted by Gasteiger charge is 2.28. The lowest BCUT2D eigenvalue weighted by Gasteiger charge is -2.20. The van der Waals surface area contributed by atoms with Crippen LogP contribution in [0.3, 0.4) is 0 Å². The number of carboxylic acids is 1. The third kappa shape index (κ3) is 7.19. The Kier molecular flexibility index (Phi) is 7.09. The predicted octanol–water partition coefficient (Wildman–Crippen LogP) is 2.04. The van der Waals surface area contributed by atoms with Gasteiger partial charge in [0.1, 0.15) is 5.54 Å². The lowest BCUT2D eigenvalue weighted by Crippen LogP contribution is -2.49. The Labute approximate surface area is 140 Å². The third-order valence-corrected chi connectivity index (χ3v) is 3.95. The van der Waals surface area contributed by atoms with Gasteiger partial charge in [0, 0.05) is 17.9 Å². The number of nitrogens with one attached hydrogen (secondary N) is 2. The Balaban J connectivity index is 2.25. The molecule has 7 heteroatoms. The molecule has 1 aromatic rings. The fourth-order valence-electron chi connectivity index (χ4n) is 1.71. The van der Waals surface area contributed by atoms with Crippen LogP contribution in [0, 0.1) is 6.92 Å². The van der Waals surface area contributed by atoms with E-state index in [9.17, 15) is 14.4 Å². The van der Waals surface area contributed by atoms with E-state index in [4.69, 9.17) is 5.11 Å². The monoisotopic (exact) mass is 338 g/mol. The van der Waals surface area contributed by atoms with Crippen molar-refractivity contribution < 1.29 is 19.5 Å². The minimum Gasteiger partial charge on any atom is -0.480 e. The Morgan fingerprint density at radius 1 is 1.22 bits per heavy atom. The molecule has 0 atom stereocenters. The number of hydrogen-bond donors (Lipinski definition) is 3. The first-order chi connectivity index (χ1) is 10.7. The Morgan fingerprint density at radius 3 is 2.52 bits per heavy atom. The SMILES string of the molecule is Cc1cccc(NC(=O)CSCCC(=O)NC(C)(C)C(=O)O)c1. The van der Waals surface area contributed by atoms with Gasteiger partial charge in [0.15, 0.2) is 0 Å². The summed E-state index contributed by atoms with van der Waals surface area (Å²) in [5, 5.41) is 14.1. The van der Waals surface area contributed by atoms with E-state index in [1.165, 1.54) is 25.6 Å². The lowest BCUT2D eigenvalue weighted by atomic mass is 10.1. The minimum absolute atomic E-state index is 0.133. The molecule has 0 heterocycles. The van der Waals surface area contributed by atoms with Gasteiger partial charge >= 0.3 is 5.97 Å². The number of carbonyl (C=O) groups excluding carboxylic acids is 2. The van der Waals surface area contributed by atoms with Crippen molar-refractivity contribution in [3.8, 4) is 0 Å². The molecule has 0 radical (unpaired) electrons. The van der Waals surface area contributed by atoms with E-state index in [1.54, 1.807) is 0 Å². The number of hydrogen-bond acceptors (Lipinski definition) is 4. The van der Waals surface area contributed by atoms with Crippen LogP contribution in [-0.2, 0) is 14.4 Å². The molecule has 0 aliphatic carbocycles. The molecule has 0 fully saturated rings. The molecule has 1 aromatic carbocycles. The molecule has 0 aromatic heterocycles. The fraction of sp³-hybridized carbons (Fsp3) is 0.438. The summed E-state index contributed by atoms with van der Waals surface area (Å²) in [5.41, 5.74) is 0.523. The number of rotatable bonds is 8. The molecule has 0 aliphatic heterocycles. The number of carboxylic acid groups (broad SMARTS) is 1. The highest BCUT2D eigenvalue weighted by molar-refractivity contribution is 7.99. The topological polar surface area (TPSA) is 95.5 Å². The number of aliphatic carboxylic acids is 1. The molecule has 0 unspecified atom stereocenters. The number of amides is 2. The van der Waals surface area contributed by atoms with Gasteiger partial charge in [0.05, 0.1) is 5.75 Å². The number of benzene rings is 1. The van der Waals surface area contributed by atoms with E-state index < -0.39 is 11.5 Å². The first kappa shape index (κ1) is 19.0. The van der Waals surface area contributed by atoms with Gasteiger partial charge in [-0.15, -0.1) is 0 Å². The van der Waals surface area contributed by atoms with E-state index in [-0.39, 0.29) is 24.0 Å². The summed E-state index contributed by atoms with van der Waals surface area (Å²) in [6, 6.07) is 7.51. The molecule has 0 spiro atoms. The van der Waals surface area contributed by atoms with Crippen LogP contribution in [0.5, 0.6) is 0 Å². The van der Waals surface area contributed by atoms with Gasteiger partial charge in [0.25, 0.3) is 0 Å². The Bertz CT molecular complexity index is 587. The van der Waals surface area contributed by atoms with Crippen LogP contribution in [0.25, 0.3) is 0 Å². The molecule has 2 amide bonds. The minimum atomic E-state index is -1.29. The van der Waals surface area contributed by atoms with Crippen LogP contribution in [0.1, 0.15) is 25.8 Å². The maximum absolute atomic E-state index is 11.8. The summed E-state index contributed by atoms with van der Waals surface area (Å²) in [6.45, 7) is 4.80. The summed E-state index contributed by atoms with van der Waals surface area (Å²) in [6.07, 6.45) is 0.166. The fourth-order valence-corrected chi connectivity index (χ4v) is 2.45. The summed E-state index contributed by atoms with van der Waals surface area (Å²) >= 11 is 1.33. The van der Waals surface area contributed by atoms with E-state index >= 15 is 0 Å². The van der Waals surface area contributed by atoms with Crippen LogP contribution >= 0.6 is 11.8 Å². The zero-order valence-corrected chi connectivity index (χ0v) is 14.3. The maximum atomic E-state index is 11.8. The number of thioether (sulfide) groups is 1. The van der Waals surface area contributed by atoms with Gasteiger partial charge in [-0.3, -0.25) is 9.59 Å². The second-order valence-corrected chi connectivity index (χ2v) is 6.80. The normalized spacial score (nSPS) is 10.9. The number of aryl methyl sites for hydroxylation is 1. The van der Waals surface area contributed by atoms with Crippen LogP contribution in [0.15, 0.2) is 24.3 Å². The molecule has 1 rings (SSSR count). The predicted molar refractivity (Wildman–Crippen MR) is 91.6 cm³/mol. The lowest BCUT2D eigenvalue weighted by molar-refractivity contribution is -0.145. The largest absolute Gasteiger partial charge is 0.480 e. The van der Waals surface area contributed by atoms with E-state index in [0.717, 1.165) is 11.3 Å². The molecular weight excluding hydrogens is 316 g/mol. The van der Waals surface area contributed by atoms with Gasteiger partial charge in [-0.1, -0.05) is 12.1 Å². The van der Waals surface area contributed by atoms with Crippen molar-refractivity contribution >= 4 is 35.2 Å². The van der Waals surface area contributed by atoms with Crippen molar-refractivity contribution in [2.75, 3.05) is 16.8 Å². The molecule has 0 saturated heterocycles. The third-order valence-electron chi connectivity index (χ3n) is 3.00. The maximum Gasteiger partial charge on any atom is 0.328 e. The zero-order chi connectivity index (χ0) is 17.5. The van der Waals surface area contributed by atoms with Gasteiger partial charge in [-0.05, 0) is 38.5 Å². The van der Waals surface area contributed by atoms with E-state index in [1.807, 2.05) is 31.2 Å². The van der Waals surface area contributed by atoms with Gasteiger partial charge < -0.3 is 15.7 Å². The van der Waals surface area contributed by atoms with Crippen molar-refractivity contribution in [2.45, 2.75) is 32.7 Å². The summed E-state index contributed by atoms with van der Waals surface area (Å²) in [5.74, 6) is -0.876. The molecule has 6 nitrogen and oxygen atoms in total. The molecule has 3 N–H and O–H groups in total. The van der Waals surface area contributed by atoms with Gasteiger partial charge in [-0.25, -0.2) is 4.79 Å². The van der Waals surface area contributed by atoms with Crippen LogP contribution in [-0.4, -0.2) is 39.9 Å². The quantitative estimate of drug-likeness (QED) is 0.631. The average Bonchev–Trinajstić information content (AvgIpc) is 2.43. The van der Waals surface area contributed by atoms with Crippen molar-refractivity contribution in [2.24, 2.45) is 0 Å². The first-order valence-corrected chi connectivity index (χ1v) is 8.35. The van der Waals surface area contributed by atoms with E-state index in [2.05, 4.69) is 10.6 Å². The van der Waals surface area contributed by atoms with Gasteiger partial charge in [-0.2, -0.15) is 11.8 Å². The summed E-state index contributed by atoms with van der Waals surface area (Å²) in [4.78, 5) is 34.3. The Morgan fingerprint density at radius 2 is 1.91 bits per heavy atom. The first-order valence-electron chi connectivity index (χ1n) is 7.19. The van der Waals surface area contributed by atoms with Gasteiger partial charge in [0.2, 0.25) is 11.8 Å². The van der Waals surface area contributed by atoms with Crippen molar-refractivity contribution in [3.63, 3.8) is 0 Å². The highest BCUT2D eigenvalue weighted by Crippen LogP contribution is 2.11. The molecule has 23 heavy (non-hydrogen) atoms. The number of carbonyl (C=O) groups is 3. The average molecular weight is 338 g/mol. The molecular formula is C16H22N2O4S.